The van der Waals surface area contributed by atoms with Crippen LogP contribution in [0.25, 0.3) is 0 Å². The molecule has 0 saturated heterocycles. The second-order valence-electron chi connectivity index (χ2n) is 7.59. The first-order valence-electron chi connectivity index (χ1n) is 9.05. The van der Waals surface area contributed by atoms with E-state index in [2.05, 4.69) is 24.2 Å². The Morgan fingerprint density at radius 2 is 2.29 bits per heavy atom. The Bertz CT molecular complexity index is 627. The molecule has 3 rings (SSSR count). The standard InChI is InChI=1S/C18H27N3O3/c1-4-24-17(23)15-11-21(20-19-15)10-12(2)13-7-8-14-16(22)6-5-9-18(13,14)3/h11-14H,4-10H2,1-3H3/t12-,13?,14+,18-/m1/s1. The molecular weight excluding hydrogens is 306 g/mol. The topological polar surface area (TPSA) is 74.1 Å². The maximum Gasteiger partial charge on any atom is 0.360 e. The van der Waals surface area contributed by atoms with E-state index in [1.807, 2.05) is 0 Å². The first-order valence-corrected chi connectivity index (χ1v) is 9.05. The maximum atomic E-state index is 12.3. The number of aromatic nitrogens is 3. The molecule has 2 fully saturated rings. The number of nitrogens with zero attached hydrogens (tertiary/aromatic N) is 3. The highest BCUT2D eigenvalue weighted by molar-refractivity contribution is 5.86. The van der Waals surface area contributed by atoms with Crippen LogP contribution in [-0.4, -0.2) is 33.4 Å². The Hall–Kier alpha value is -1.72. The number of carbonyl (C=O) groups excluding carboxylic acids is 2. The molecule has 4 atom stereocenters. The van der Waals surface area contributed by atoms with Crippen LogP contribution >= 0.6 is 0 Å². The monoisotopic (exact) mass is 333 g/mol. The summed E-state index contributed by atoms with van der Waals surface area (Å²) >= 11 is 0. The summed E-state index contributed by atoms with van der Waals surface area (Å²) in [6.45, 7) is 7.34. The van der Waals surface area contributed by atoms with Gasteiger partial charge in [-0.25, -0.2) is 4.79 Å². The van der Waals surface area contributed by atoms with Gasteiger partial charge in [0.15, 0.2) is 5.69 Å². The second kappa shape index (κ2) is 6.65. The van der Waals surface area contributed by atoms with Crippen LogP contribution in [0.2, 0.25) is 0 Å². The molecule has 6 heteroatoms. The molecule has 1 heterocycles. The van der Waals surface area contributed by atoms with Crippen LogP contribution in [0, 0.1) is 23.2 Å². The minimum atomic E-state index is -0.429. The van der Waals surface area contributed by atoms with Crippen LogP contribution in [0.1, 0.15) is 63.4 Å². The number of carbonyl (C=O) groups is 2. The molecule has 0 spiro atoms. The lowest BCUT2D eigenvalue weighted by molar-refractivity contribution is -0.130. The van der Waals surface area contributed by atoms with Gasteiger partial charge in [0.1, 0.15) is 5.78 Å². The van der Waals surface area contributed by atoms with E-state index in [0.29, 0.717) is 30.8 Å². The van der Waals surface area contributed by atoms with Gasteiger partial charge in [-0.2, -0.15) is 0 Å². The minimum Gasteiger partial charge on any atom is -0.461 e. The number of hydrogen-bond acceptors (Lipinski definition) is 5. The third-order valence-electron chi connectivity index (χ3n) is 6.12. The predicted molar refractivity (Wildman–Crippen MR) is 88.3 cm³/mol. The van der Waals surface area contributed by atoms with Crippen molar-refractivity contribution in [3.8, 4) is 0 Å². The molecule has 1 aromatic rings. The van der Waals surface area contributed by atoms with E-state index in [-0.39, 0.29) is 17.0 Å². The third kappa shape index (κ3) is 2.98. The largest absolute Gasteiger partial charge is 0.461 e. The molecule has 2 saturated carbocycles. The van der Waals surface area contributed by atoms with Crippen molar-refractivity contribution in [3.05, 3.63) is 11.9 Å². The van der Waals surface area contributed by atoms with E-state index in [0.717, 1.165) is 32.1 Å². The highest BCUT2D eigenvalue weighted by atomic mass is 16.5. The van der Waals surface area contributed by atoms with Crippen molar-refractivity contribution in [1.82, 2.24) is 15.0 Å². The third-order valence-corrected chi connectivity index (χ3v) is 6.12. The van der Waals surface area contributed by atoms with Gasteiger partial charge in [0.2, 0.25) is 0 Å². The zero-order valence-corrected chi connectivity index (χ0v) is 14.8. The molecule has 0 N–H and O–H groups in total. The quantitative estimate of drug-likeness (QED) is 0.775. The van der Waals surface area contributed by atoms with Crippen molar-refractivity contribution in [2.75, 3.05) is 6.61 Å². The van der Waals surface area contributed by atoms with Crippen LogP contribution in [0.5, 0.6) is 0 Å². The number of ether oxygens (including phenoxy) is 1. The predicted octanol–water partition coefficient (Wildman–Crippen LogP) is 2.88. The van der Waals surface area contributed by atoms with E-state index in [1.165, 1.54) is 0 Å². The fourth-order valence-corrected chi connectivity index (χ4v) is 5.01. The summed E-state index contributed by atoms with van der Waals surface area (Å²) in [5.74, 6) is 1.18. The van der Waals surface area contributed by atoms with E-state index in [1.54, 1.807) is 17.8 Å². The fourth-order valence-electron chi connectivity index (χ4n) is 5.01. The summed E-state index contributed by atoms with van der Waals surface area (Å²) < 4.78 is 6.69. The summed E-state index contributed by atoms with van der Waals surface area (Å²) in [4.78, 5) is 24.0. The molecule has 1 aromatic heterocycles. The summed E-state index contributed by atoms with van der Waals surface area (Å²) in [6.07, 6.45) is 6.71. The number of ketones is 1. The van der Waals surface area contributed by atoms with Gasteiger partial charge in [-0.1, -0.05) is 19.1 Å². The van der Waals surface area contributed by atoms with Gasteiger partial charge < -0.3 is 4.74 Å². The lowest BCUT2D eigenvalue weighted by Gasteiger charge is -2.42. The fraction of sp³-hybridized carbons (Fsp3) is 0.778. The van der Waals surface area contributed by atoms with Gasteiger partial charge in [-0.05, 0) is 49.9 Å². The first kappa shape index (κ1) is 17.1. The Kier molecular flexibility index (Phi) is 4.74. The number of esters is 1. The summed E-state index contributed by atoms with van der Waals surface area (Å²) in [7, 11) is 0. The van der Waals surface area contributed by atoms with Crippen molar-refractivity contribution < 1.29 is 14.3 Å². The van der Waals surface area contributed by atoms with Crippen molar-refractivity contribution in [3.63, 3.8) is 0 Å². The van der Waals surface area contributed by atoms with E-state index < -0.39 is 5.97 Å². The molecule has 0 radical (unpaired) electrons. The average molecular weight is 333 g/mol. The van der Waals surface area contributed by atoms with Crippen LogP contribution < -0.4 is 0 Å². The van der Waals surface area contributed by atoms with E-state index in [4.69, 9.17) is 4.74 Å². The normalized spacial score (nSPS) is 30.9. The molecule has 2 aliphatic carbocycles. The van der Waals surface area contributed by atoms with Crippen molar-refractivity contribution >= 4 is 11.8 Å². The second-order valence-corrected chi connectivity index (χ2v) is 7.59. The Balaban J connectivity index is 1.68. The average Bonchev–Trinajstić information content (AvgIpc) is 3.12. The van der Waals surface area contributed by atoms with Crippen molar-refractivity contribution in [1.29, 1.82) is 0 Å². The lowest BCUT2D eigenvalue weighted by Crippen LogP contribution is -2.40. The van der Waals surface area contributed by atoms with Crippen molar-refractivity contribution in [2.24, 2.45) is 23.2 Å². The lowest BCUT2D eigenvalue weighted by atomic mass is 9.62. The summed E-state index contributed by atoms with van der Waals surface area (Å²) in [6, 6.07) is 0. The Morgan fingerprint density at radius 3 is 3.04 bits per heavy atom. The molecular formula is C18H27N3O3. The van der Waals surface area contributed by atoms with Gasteiger partial charge in [0, 0.05) is 18.9 Å². The smallest absolute Gasteiger partial charge is 0.360 e. The van der Waals surface area contributed by atoms with E-state index >= 15 is 0 Å². The highest BCUT2D eigenvalue weighted by Gasteiger charge is 2.52. The zero-order chi connectivity index (χ0) is 17.3. The minimum absolute atomic E-state index is 0.124. The Morgan fingerprint density at radius 1 is 1.50 bits per heavy atom. The number of Topliss-reactive ketones (excluding diaryl/α,β-unsaturated/α-hetero) is 1. The zero-order valence-electron chi connectivity index (χ0n) is 14.8. The first-order chi connectivity index (χ1) is 11.5. The van der Waals surface area contributed by atoms with Gasteiger partial charge in [0.25, 0.3) is 0 Å². The number of hydrogen-bond donors (Lipinski definition) is 0. The molecule has 0 amide bonds. The molecule has 0 bridgehead atoms. The number of fused-ring (bicyclic) bond motifs is 1. The van der Waals surface area contributed by atoms with Crippen LogP contribution in [0.15, 0.2) is 6.20 Å². The van der Waals surface area contributed by atoms with E-state index in [9.17, 15) is 9.59 Å². The van der Waals surface area contributed by atoms with Gasteiger partial charge >= 0.3 is 5.97 Å². The molecule has 6 nitrogen and oxygen atoms in total. The van der Waals surface area contributed by atoms with Gasteiger partial charge in [-0.3, -0.25) is 9.48 Å². The molecule has 0 aromatic carbocycles. The summed E-state index contributed by atoms with van der Waals surface area (Å²) in [5, 5.41) is 7.98. The number of rotatable bonds is 5. The van der Waals surface area contributed by atoms with Crippen LogP contribution in [0.3, 0.4) is 0 Å². The SMILES string of the molecule is CCOC(=O)c1cn(C[C@@H](C)C2CC[C@H]3C(=O)CCC[C@]23C)nn1. The molecule has 2 aliphatic rings. The van der Waals surface area contributed by atoms with Crippen LogP contribution in [-0.2, 0) is 16.1 Å². The molecule has 132 valence electrons. The maximum absolute atomic E-state index is 12.3. The van der Waals surface area contributed by atoms with Gasteiger partial charge in [-0.15, -0.1) is 5.10 Å². The van der Waals surface area contributed by atoms with Crippen LogP contribution in [0.4, 0.5) is 0 Å². The van der Waals surface area contributed by atoms with Gasteiger partial charge in [0.05, 0.1) is 12.8 Å². The molecule has 0 aliphatic heterocycles. The highest BCUT2D eigenvalue weighted by Crippen LogP contribution is 2.56. The Labute approximate surface area is 142 Å². The van der Waals surface area contributed by atoms with Crippen molar-refractivity contribution in [2.45, 2.75) is 59.4 Å². The summed E-state index contributed by atoms with van der Waals surface area (Å²) in [5.41, 5.74) is 0.381. The molecule has 24 heavy (non-hydrogen) atoms. The molecule has 1 unspecified atom stereocenters.